The molecule has 1 aliphatic heterocycles. The van der Waals surface area contributed by atoms with Gasteiger partial charge in [0.25, 0.3) is 0 Å². The predicted octanol–water partition coefficient (Wildman–Crippen LogP) is 1.28. The number of aryl methyl sites for hydroxylation is 1. The third-order valence-electron chi connectivity index (χ3n) is 2.67. The van der Waals surface area contributed by atoms with Crippen LogP contribution in [-0.4, -0.2) is 41.1 Å². The van der Waals surface area contributed by atoms with Gasteiger partial charge in [-0.15, -0.1) is 11.3 Å². The van der Waals surface area contributed by atoms with Crippen LogP contribution in [0.15, 0.2) is 10.3 Å². The molecule has 0 fully saturated rings. The Morgan fingerprint density at radius 2 is 2.18 bits per heavy atom. The van der Waals surface area contributed by atoms with E-state index in [9.17, 15) is 8.42 Å². The largest absolute Gasteiger partial charge is 0.382 e. The number of hydrogen-bond donors (Lipinski definition) is 0. The molecule has 0 saturated heterocycles. The highest BCUT2D eigenvalue weighted by molar-refractivity contribution is 7.93. The third kappa shape index (κ3) is 3.07. The van der Waals surface area contributed by atoms with Crippen molar-refractivity contribution in [2.45, 2.75) is 17.1 Å². The smallest absolute Gasteiger partial charge is 0.188 e. The molecule has 0 amide bonds. The molecule has 4 nitrogen and oxygen atoms in total. The highest BCUT2D eigenvalue weighted by Crippen LogP contribution is 2.34. The monoisotopic (exact) mass is 276 g/mol. The van der Waals surface area contributed by atoms with Gasteiger partial charge in [-0.2, -0.15) is 0 Å². The number of methoxy groups -OCH3 is 1. The van der Waals surface area contributed by atoms with E-state index in [1.807, 2.05) is 6.07 Å². The summed E-state index contributed by atoms with van der Waals surface area (Å²) in [5, 5.41) is 0. The topological polar surface area (TPSA) is 52.6 Å². The molecule has 0 saturated carbocycles. The first-order valence-electron chi connectivity index (χ1n) is 5.54. The Morgan fingerprint density at radius 1 is 1.35 bits per heavy atom. The minimum atomic E-state index is -2.97. The van der Waals surface area contributed by atoms with Crippen LogP contribution in [-0.2, 0) is 32.2 Å². The zero-order valence-corrected chi connectivity index (χ0v) is 11.4. The average Bonchev–Trinajstić information content (AvgIpc) is 2.80. The molecule has 6 heteroatoms. The summed E-state index contributed by atoms with van der Waals surface area (Å²) in [5.74, 6) is 0.277. The van der Waals surface area contributed by atoms with E-state index >= 15 is 0 Å². The maximum atomic E-state index is 11.6. The van der Waals surface area contributed by atoms with Gasteiger partial charge in [0.15, 0.2) is 9.84 Å². The lowest BCUT2D eigenvalue weighted by atomic mass is 10.2. The van der Waals surface area contributed by atoms with Crippen LogP contribution in [0.5, 0.6) is 0 Å². The Kier molecular flexibility index (Phi) is 4.19. The zero-order valence-electron chi connectivity index (χ0n) is 9.77. The van der Waals surface area contributed by atoms with Crippen LogP contribution in [0.1, 0.15) is 10.4 Å². The van der Waals surface area contributed by atoms with Crippen molar-refractivity contribution in [2.75, 3.05) is 32.7 Å². The standard InChI is InChI=1S/C11H16O4S2/c1-14-5-6-15-4-2-10-8-9-3-7-17(12,13)11(9)16-10/h8H,2-7H2,1H3. The normalized spacial score (nSPS) is 17.2. The van der Waals surface area contributed by atoms with Crippen LogP contribution in [0.25, 0.3) is 0 Å². The van der Waals surface area contributed by atoms with Gasteiger partial charge in [0.2, 0.25) is 0 Å². The van der Waals surface area contributed by atoms with Crippen LogP contribution in [0.3, 0.4) is 0 Å². The van der Waals surface area contributed by atoms with Gasteiger partial charge < -0.3 is 9.47 Å². The van der Waals surface area contributed by atoms with Crippen molar-refractivity contribution in [3.63, 3.8) is 0 Å². The molecule has 1 aromatic rings. The maximum Gasteiger partial charge on any atom is 0.188 e. The van der Waals surface area contributed by atoms with Crippen molar-refractivity contribution in [1.29, 1.82) is 0 Å². The zero-order chi connectivity index (χ0) is 12.3. The van der Waals surface area contributed by atoms with E-state index in [0.717, 1.165) is 16.9 Å². The molecule has 0 spiro atoms. The molecule has 0 N–H and O–H groups in total. The summed E-state index contributed by atoms with van der Waals surface area (Å²) in [6, 6.07) is 2.00. The van der Waals surface area contributed by atoms with Gasteiger partial charge >= 0.3 is 0 Å². The van der Waals surface area contributed by atoms with Crippen molar-refractivity contribution in [2.24, 2.45) is 0 Å². The second-order valence-corrected chi connectivity index (χ2v) is 7.39. The highest BCUT2D eigenvalue weighted by Gasteiger charge is 2.28. The summed E-state index contributed by atoms with van der Waals surface area (Å²) in [4.78, 5) is 1.09. The Balaban J connectivity index is 1.88. The molecular weight excluding hydrogens is 260 g/mol. The molecule has 1 aromatic heterocycles. The SMILES string of the molecule is COCCOCCc1cc2c(s1)S(=O)(=O)CC2. The predicted molar refractivity (Wildman–Crippen MR) is 66.5 cm³/mol. The molecule has 96 valence electrons. The maximum absolute atomic E-state index is 11.6. The van der Waals surface area contributed by atoms with Crippen molar-refractivity contribution in [3.05, 3.63) is 16.5 Å². The Labute approximate surface area is 105 Å². The van der Waals surface area contributed by atoms with Gasteiger partial charge in [-0.3, -0.25) is 0 Å². The Hall–Kier alpha value is -0.430. The lowest BCUT2D eigenvalue weighted by molar-refractivity contribution is 0.0725. The van der Waals surface area contributed by atoms with E-state index < -0.39 is 9.84 Å². The minimum Gasteiger partial charge on any atom is -0.382 e. The quantitative estimate of drug-likeness (QED) is 0.735. The lowest BCUT2D eigenvalue weighted by Crippen LogP contribution is -2.04. The summed E-state index contributed by atoms with van der Waals surface area (Å²) in [6.45, 7) is 1.79. The van der Waals surface area contributed by atoms with Crippen LogP contribution in [0.2, 0.25) is 0 Å². The van der Waals surface area contributed by atoms with E-state index in [1.165, 1.54) is 11.3 Å². The van der Waals surface area contributed by atoms with E-state index in [-0.39, 0.29) is 5.75 Å². The van der Waals surface area contributed by atoms with Crippen molar-refractivity contribution >= 4 is 21.2 Å². The van der Waals surface area contributed by atoms with Gasteiger partial charge in [-0.05, 0) is 18.1 Å². The van der Waals surface area contributed by atoms with Crippen LogP contribution >= 0.6 is 11.3 Å². The molecule has 0 bridgehead atoms. The second kappa shape index (κ2) is 5.48. The van der Waals surface area contributed by atoms with Crippen molar-refractivity contribution in [3.8, 4) is 0 Å². The first kappa shape index (κ1) is 13.0. The first-order valence-corrected chi connectivity index (χ1v) is 8.01. The minimum absolute atomic E-state index is 0.277. The summed E-state index contributed by atoms with van der Waals surface area (Å²) in [7, 11) is -1.33. The lowest BCUT2D eigenvalue weighted by Gasteiger charge is -2.01. The average molecular weight is 276 g/mol. The summed E-state index contributed by atoms with van der Waals surface area (Å²) in [6.07, 6.45) is 1.44. The molecular formula is C11H16O4S2. The Morgan fingerprint density at radius 3 is 2.88 bits per heavy atom. The van der Waals surface area contributed by atoms with Crippen LogP contribution < -0.4 is 0 Å². The van der Waals surface area contributed by atoms with Gasteiger partial charge in [0.1, 0.15) is 4.21 Å². The number of fused-ring (bicyclic) bond motifs is 1. The summed E-state index contributed by atoms with van der Waals surface area (Å²) < 4.78 is 34.1. The van der Waals surface area contributed by atoms with Gasteiger partial charge in [0.05, 0.1) is 25.6 Å². The molecule has 0 aliphatic carbocycles. The molecule has 2 heterocycles. The van der Waals surface area contributed by atoms with E-state index in [1.54, 1.807) is 7.11 Å². The van der Waals surface area contributed by atoms with Crippen molar-refractivity contribution in [1.82, 2.24) is 0 Å². The molecule has 0 radical (unpaired) electrons. The van der Waals surface area contributed by atoms with Crippen LogP contribution in [0.4, 0.5) is 0 Å². The molecule has 2 rings (SSSR count). The van der Waals surface area contributed by atoms with Gasteiger partial charge in [-0.1, -0.05) is 0 Å². The fourth-order valence-corrected chi connectivity index (χ4v) is 5.01. The van der Waals surface area contributed by atoms with E-state index in [0.29, 0.717) is 30.5 Å². The van der Waals surface area contributed by atoms with Crippen molar-refractivity contribution < 1.29 is 17.9 Å². The molecule has 0 aromatic carbocycles. The number of hydrogen-bond acceptors (Lipinski definition) is 5. The Bertz CT molecular complexity index is 476. The fraction of sp³-hybridized carbons (Fsp3) is 0.636. The van der Waals surface area contributed by atoms with Gasteiger partial charge in [0, 0.05) is 18.4 Å². The highest BCUT2D eigenvalue weighted by atomic mass is 32.2. The summed E-state index contributed by atoms with van der Waals surface area (Å²) >= 11 is 1.39. The number of ether oxygens (including phenoxy) is 2. The fourth-order valence-electron chi connectivity index (χ4n) is 1.78. The van der Waals surface area contributed by atoms with E-state index in [2.05, 4.69) is 0 Å². The molecule has 17 heavy (non-hydrogen) atoms. The number of sulfone groups is 1. The first-order chi connectivity index (χ1) is 8.13. The summed E-state index contributed by atoms with van der Waals surface area (Å²) in [5.41, 5.74) is 0.988. The number of thiophene rings is 1. The van der Waals surface area contributed by atoms with E-state index in [4.69, 9.17) is 9.47 Å². The molecule has 0 unspecified atom stereocenters. The van der Waals surface area contributed by atoms with Crippen LogP contribution in [0, 0.1) is 0 Å². The second-order valence-electron chi connectivity index (χ2n) is 3.95. The molecule has 0 atom stereocenters. The number of rotatable bonds is 6. The van der Waals surface area contributed by atoms with Gasteiger partial charge in [-0.25, -0.2) is 8.42 Å². The molecule has 1 aliphatic rings. The third-order valence-corrected chi connectivity index (χ3v) is 6.28.